The molecule has 1 aliphatic heterocycles. The van der Waals surface area contributed by atoms with Crippen LogP contribution in [0.2, 0.25) is 0 Å². The number of carbonyl (C=O) groups is 1. The summed E-state index contributed by atoms with van der Waals surface area (Å²) in [6, 6.07) is 2.85. The highest BCUT2D eigenvalue weighted by Crippen LogP contribution is 2.20. The number of ether oxygens (including phenoxy) is 2. The molecule has 0 aliphatic carbocycles. The van der Waals surface area contributed by atoms with Gasteiger partial charge in [0.15, 0.2) is 5.65 Å². The number of rotatable bonds is 5. The van der Waals surface area contributed by atoms with Gasteiger partial charge in [-0.2, -0.15) is 4.31 Å². The van der Waals surface area contributed by atoms with Crippen LogP contribution in [-0.2, 0) is 30.8 Å². The van der Waals surface area contributed by atoms with Gasteiger partial charge >= 0.3 is 11.7 Å². The van der Waals surface area contributed by atoms with E-state index in [-0.39, 0.29) is 36.8 Å². The second kappa shape index (κ2) is 6.94. The number of esters is 1. The molecule has 0 aromatic carbocycles. The quantitative estimate of drug-likeness (QED) is 0.626. The maximum Gasteiger partial charge on any atom is 0.350 e. The molecule has 0 N–H and O–H groups in total. The maximum absolute atomic E-state index is 12.9. The lowest BCUT2D eigenvalue weighted by Crippen LogP contribution is -2.40. The van der Waals surface area contributed by atoms with Crippen molar-refractivity contribution < 1.29 is 22.7 Å². The van der Waals surface area contributed by atoms with Crippen LogP contribution in [-0.4, -0.2) is 65.8 Å². The fourth-order valence-corrected chi connectivity index (χ4v) is 4.10. The second-order valence-electron chi connectivity index (χ2n) is 5.33. The zero-order chi connectivity index (χ0) is 18.0. The third-order valence-electron chi connectivity index (χ3n) is 3.75. The molecule has 1 aliphatic rings. The molecule has 0 amide bonds. The van der Waals surface area contributed by atoms with Gasteiger partial charge in [-0.25, -0.2) is 22.3 Å². The number of nitrogens with zero attached hydrogens (tertiary/aromatic N) is 4. The molecule has 3 rings (SSSR count). The molecular formula is C14H18N4O6S. The van der Waals surface area contributed by atoms with E-state index in [4.69, 9.17) is 9.47 Å². The van der Waals surface area contributed by atoms with Crippen molar-refractivity contribution in [3.8, 4) is 0 Å². The Kier molecular flexibility index (Phi) is 4.88. The minimum atomic E-state index is -3.83. The molecular weight excluding hydrogens is 352 g/mol. The Bertz CT molecular complexity index is 942. The van der Waals surface area contributed by atoms with Crippen molar-refractivity contribution in [2.24, 2.45) is 0 Å². The van der Waals surface area contributed by atoms with Crippen molar-refractivity contribution in [1.82, 2.24) is 18.5 Å². The summed E-state index contributed by atoms with van der Waals surface area (Å²) in [5.41, 5.74) is -0.634. The zero-order valence-electron chi connectivity index (χ0n) is 13.6. The SMILES string of the molecule is CCOC(=O)Cn1nc2c(S(=O)(=O)N3CCOCC3)cccn2c1=O. The predicted molar refractivity (Wildman–Crippen MR) is 85.7 cm³/mol. The molecule has 0 radical (unpaired) electrons. The number of pyridine rings is 1. The molecule has 0 bridgehead atoms. The van der Waals surface area contributed by atoms with Crippen LogP contribution in [0.25, 0.3) is 5.65 Å². The number of sulfonamides is 1. The monoisotopic (exact) mass is 370 g/mol. The number of aromatic nitrogens is 3. The molecule has 136 valence electrons. The van der Waals surface area contributed by atoms with E-state index >= 15 is 0 Å². The molecule has 3 heterocycles. The second-order valence-corrected chi connectivity index (χ2v) is 7.23. The van der Waals surface area contributed by atoms with E-state index in [1.54, 1.807) is 6.92 Å². The van der Waals surface area contributed by atoms with Crippen LogP contribution in [0.5, 0.6) is 0 Å². The van der Waals surface area contributed by atoms with Crippen LogP contribution in [0.1, 0.15) is 6.92 Å². The Morgan fingerprint density at radius 2 is 2.08 bits per heavy atom. The van der Waals surface area contributed by atoms with Gasteiger partial charge in [0.05, 0.1) is 19.8 Å². The van der Waals surface area contributed by atoms with Crippen LogP contribution in [0.3, 0.4) is 0 Å². The fourth-order valence-electron chi connectivity index (χ4n) is 2.57. The van der Waals surface area contributed by atoms with Crippen LogP contribution < -0.4 is 5.69 Å². The van der Waals surface area contributed by atoms with E-state index in [1.807, 2.05) is 0 Å². The molecule has 1 saturated heterocycles. The normalized spacial score (nSPS) is 16.2. The minimum absolute atomic E-state index is 0.0247. The third kappa shape index (κ3) is 3.30. The molecule has 11 heteroatoms. The van der Waals surface area contributed by atoms with Crippen molar-refractivity contribution in [1.29, 1.82) is 0 Å². The van der Waals surface area contributed by atoms with E-state index < -0.39 is 21.7 Å². The van der Waals surface area contributed by atoms with Gasteiger partial charge < -0.3 is 9.47 Å². The summed E-state index contributed by atoms with van der Waals surface area (Å²) >= 11 is 0. The number of carbonyl (C=O) groups excluding carboxylic acids is 1. The Balaban J connectivity index is 2.05. The smallest absolute Gasteiger partial charge is 0.350 e. The average Bonchev–Trinajstić information content (AvgIpc) is 2.92. The van der Waals surface area contributed by atoms with Gasteiger partial charge in [-0.05, 0) is 19.1 Å². The fraction of sp³-hybridized carbons (Fsp3) is 0.500. The number of hydrogen-bond acceptors (Lipinski definition) is 7. The molecule has 0 unspecified atom stereocenters. The van der Waals surface area contributed by atoms with Crippen LogP contribution in [0, 0.1) is 0 Å². The summed E-state index contributed by atoms with van der Waals surface area (Å²) in [7, 11) is -3.83. The van der Waals surface area contributed by atoms with Crippen molar-refractivity contribution in [2.75, 3.05) is 32.9 Å². The van der Waals surface area contributed by atoms with Gasteiger partial charge in [0, 0.05) is 19.3 Å². The Hall–Kier alpha value is -2.24. The van der Waals surface area contributed by atoms with Crippen LogP contribution >= 0.6 is 0 Å². The molecule has 25 heavy (non-hydrogen) atoms. The molecule has 10 nitrogen and oxygen atoms in total. The van der Waals surface area contributed by atoms with Gasteiger partial charge in [0.2, 0.25) is 10.0 Å². The van der Waals surface area contributed by atoms with Crippen molar-refractivity contribution in [3.05, 3.63) is 28.8 Å². The highest BCUT2D eigenvalue weighted by molar-refractivity contribution is 7.89. The minimum Gasteiger partial charge on any atom is -0.465 e. The Morgan fingerprint density at radius 3 is 2.76 bits per heavy atom. The lowest BCUT2D eigenvalue weighted by Gasteiger charge is -2.25. The predicted octanol–water partition coefficient (Wildman–Crippen LogP) is -0.920. The largest absolute Gasteiger partial charge is 0.465 e. The number of fused-ring (bicyclic) bond motifs is 1. The number of morpholine rings is 1. The van der Waals surface area contributed by atoms with Crippen LogP contribution in [0.4, 0.5) is 0 Å². The summed E-state index contributed by atoms with van der Waals surface area (Å²) < 4.78 is 39.0. The zero-order valence-corrected chi connectivity index (χ0v) is 14.4. The summed E-state index contributed by atoms with van der Waals surface area (Å²) in [5.74, 6) is -0.620. The van der Waals surface area contributed by atoms with Crippen molar-refractivity contribution in [2.45, 2.75) is 18.4 Å². The van der Waals surface area contributed by atoms with Gasteiger partial charge in [0.1, 0.15) is 11.4 Å². The lowest BCUT2D eigenvalue weighted by molar-refractivity contribution is -0.144. The first-order chi connectivity index (χ1) is 11.9. The van der Waals surface area contributed by atoms with Gasteiger partial charge in [-0.15, -0.1) is 5.10 Å². The van der Waals surface area contributed by atoms with E-state index in [0.717, 1.165) is 9.08 Å². The molecule has 2 aromatic heterocycles. The van der Waals surface area contributed by atoms with Gasteiger partial charge in [-0.3, -0.25) is 4.79 Å². The maximum atomic E-state index is 12.9. The lowest BCUT2D eigenvalue weighted by atomic mass is 10.5. The summed E-state index contributed by atoms with van der Waals surface area (Å²) in [6.07, 6.45) is 1.41. The van der Waals surface area contributed by atoms with Gasteiger partial charge in [0.25, 0.3) is 0 Å². The first-order valence-corrected chi connectivity index (χ1v) is 9.21. The van der Waals surface area contributed by atoms with E-state index in [0.29, 0.717) is 13.2 Å². The summed E-state index contributed by atoms with van der Waals surface area (Å²) in [5, 5.41) is 4.02. The van der Waals surface area contributed by atoms with Crippen LogP contribution in [0.15, 0.2) is 28.0 Å². The third-order valence-corrected chi connectivity index (χ3v) is 5.67. The first kappa shape index (κ1) is 17.6. The van der Waals surface area contributed by atoms with E-state index in [1.165, 1.54) is 22.6 Å². The molecule has 2 aromatic rings. The summed E-state index contributed by atoms with van der Waals surface area (Å²) in [6.45, 7) is 2.54. The highest BCUT2D eigenvalue weighted by Gasteiger charge is 2.29. The highest BCUT2D eigenvalue weighted by atomic mass is 32.2. The average molecular weight is 370 g/mol. The van der Waals surface area contributed by atoms with Gasteiger partial charge in [-0.1, -0.05) is 0 Å². The first-order valence-electron chi connectivity index (χ1n) is 7.77. The molecule has 0 saturated carbocycles. The van der Waals surface area contributed by atoms with E-state index in [2.05, 4.69) is 5.10 Å². The Morgan fingerprint density at radius 1 is 1.36 bits per heavy atom. The van der Waals surface area contributed by atoms with Crippen molar-refractivity contribution in [3.63, 3.8) is 0 Å². The number of hydrogen-bond donors (Lipinski definition) is 0. The summed E-state index contributed by atoms with van der Waals surface area (Å²) in [4.78, 5) is 23.9. The van der Waals surface area contributed by atoms with Crippen molar-refractivity contribution >= 4 is 21.6 Å². The van der Waals surface area contributed by atoms with E-state index in [9.17, 15) is 18.0 Å². The molecule has 0 spiro atoms. The molecule has 1 fully saturated rings. The molecule has 0 atom stereocenters. The Labute approximate surface area is 143 Å². The topological polar surface area (TPSA) is 112 Å². The standard InChI is InChI=1S/C14H18N4O6S/c1-2-24-12(19)10-18-14(20)17-5-3-4-11(13(17)15-18)25(21,22)16-6-8-23-9-7-16/h3-5H,2,6-10H2,1H3.